The number of nitrogens with zero attached hydrogens (tertiary/aromatic N) is 4. The number of aromatic nitrogens is 4. The summed E-state index contributed by atoms with van der Waals surface area (Å²) in [4.78, 5) is 0. The summed E-state index contributed by atoms with van der Waals surface area (Å²) >= 11 is 0. The summed E-state index contributed by atoms with van der Waals surface area (Å²) < 4.78 is 41.9. The molecular formula is C12H14F3N5O. The van der Waals surface area contributed by atoms with Crippen LogP contribution in [0.25, 0.3) is 11.4 Å². The third kappa shape index (κ3) is 3.91. The second kappa shape index (κ2) is 6.08. The molecule has 0 atom stereocenters. The molecule has 0 saturated carbocycles. The lowest BCUT2D eigenvalue weighted by molar-refractivity contribution is -0.174. The summed E-state index contributed by atoms with van der Waals surface area (Å²) in [6.45, 7) is 0.511. The van der Waals surface area contributed by atoms with Crippen molar-refractivity contribution in [2.45, 2.75) is 19.6 Å². The van der Waals surface area contributed by atoms with E-state index in [1.165, 1.54) is 4.68 Å². The quantitative estimate of drug-likeness (QED) is 0.673. The van der Waals surface area contributed by atoms with Crippen LogP contribution in [-0.2, 0) is 11.3 Å². The number of rotatable bonds is 5. The average Bonchev–Trinajstić information content (AvgIpc) is 2.82. The van der Waals surface area contributed by atoms with Crippen LogP contribution in [0.15, 0.2) is 18.2 Å². The summed E-state index contributed by atoms with van der Waals surface area (Å²) in [5, 5.41) is 11.2. The van der Waals surface area contributed by atoms with Gasteiger partial charge in [0.05, 0.1) is 13.2 Å². The van der Waals surface area contributed by atoms with E-state index in [1.807, 2.05) is 13.0 Å². The zero-order valence-electron chi connectivity index (χ0n) is 11.3. The number of nitrogen functional groups attached to an aromatic ring is 1. The van der Waals surface area contributed by atoms with Gasteiger partial charge in [-0.1, -0.05) is 12.1 Å². The van der Waals surface area contributed by atoms with E-state index in [0.717, 1.165) is 5.56 Å². The number of tetrazole rings is 1. The second-order valence-electron chi connectivity index (χ2n) is 4.43. The summed E-state index contributed by atoms with van der Waals surface area (Å²) in [7, 11) is 0. The number of hydrogen-bond donors (Lipinski definition) is 1. The fraction of sp³-hybridized carbons (Fsp3) is 0.417. The molecule has 2 aromatic rings. The number of aryl methyl sites for hydroxylation is 1. The predicted octanol–water partition coefficient (Wildman–Crippen LogP) is 1.81. The number of anilines is 1. The molecule has 0 aliphatic rings. The smallest absolute Gasteiger partial charge is 0.398 e. The van der Waals surface area contributed by atoms with Crippen LogP contribution in [0.3, 0.4) is 0 Å². The van der Waals surface area contributed by atoms with Crippen LogP contribution in [0.2, 0.25) is 0 Å². The van der Waals surface area contributed by atoms with Gasteiger partial charge >= 0.3 is 6.18 Å². The van der Waals surface area contributed by atoms with Gasteiger partial charge in [0, 0.05) is 11.3 Å². The molecule has 9 heteroatoms. The Morgan fingerprint density at radius 3 is 2.76 bits per heavy atom. The van der Waals surface area contributed by atoms with Crippen molar-refractivity contribution in [3.8, 4) is 11.4 Å². The maximum atomic E-state index is 12.0. The number of hydrogen-bond acceptors (Lipinski definition) is 5. The molecule has 1 heterocycles. The molecule has 0 bridgehead atoms. The van der Waals surface area contributed by atoms with E-state index < -0.39 is 12.8 Å². The van der Waals surface area contributed by atoms with E-state index in [-0.39, 0.29) is 13.2 Å². The maximum absolute atomic E-state index is 12.0. The van der Waals surface area contributed by atoms with Crippen molar-refractivity contribution in [1.29, 1.82) is 0 Å². The first-order chi connectivity index (χ1) is 9.88. The van der Waals surface area contributed by atoms with Crippen molar-refractivity contribution >= 4 is 5.69 Å². The maximum Gasteiger partial charge on any atom is 0.411 e. The van der Waals surface area contributed by atoms with Gasteiger partial charge in [-0.2, -0.15) is 13.2 Å². The third-order valence-corrected chi connectivity index (χ3v) is 2.77. The van der Waals surface area contributed by atoms with Gasteiger partial charge in [0.25, 0.3) is 0 Å². The van der Waals surface area contributed by atoms with Gasteiger partial charge in [0.2, 0.25) is 0 Å². The lowest BCUT2D eigenvalue weighted by Gasteiger charge is -2.10. The highest BCUT2D eigenvalue weighted by Gasteiger charge is 2.27. The Balaban J connectivity index is 2.09. The molecule has 21 heavy (non-hydrogen) atoms. The molecule has 2 rings (SSSR count). The van der Waals surface area contributed by atoms with Crippen molar-refractivity contribution < 1.29 is 17.9 Å². The molecule has 0 spiro atoms. The van der Waals surface area contributed by atoms with Crippen LogP contribution < -0.4 is 5.73 Å². The monoisotopic (exact) mass is 301 g/mol. The van der Waals surface area contributed by atoms with Crippen molar-refractivity contribution in [3.63, 3.8) is 0 Å². The van der Waals surface area contributed by atoms with Crippen molar-refractivity contribution in [1.82, 2.24) is 20.2 Å². The Hall–Kier alpha value is -2.16. The fourth-order valence-electron chi connectivity index (χ4n) is 1.87. The van der Waals surface area contributed by atoms with Gasteiger partial charge in [-0.15, -0.1) is 5.10 Å². The molecule has 0 unspecified atom stereocenters. The first-order valence-corrected chi connectivity index (χ1v) is 6.14. The molecule has 2 N–H and O–H groups in total. The Kier molecular flexibility index (Phi) is 4.41. The molecule has 114 valence electrons. The van der Waals surface area contributed by atoms with Crippen LogP contribution in [0.5, 0.6) is 0 Å². The number of alkyl halides is 3. The van der Waals surface area contributed by atoms with Gasteiger partial charge in [0.1, 0.15) is 6.61 Å². The molecule has 1 aromatic carbocycles. The second-order valence-corrected chi connectivity index (χ2v) is 4.43. The van der Waals surface area contributed by atoms with E-state index in [1.54, 1.807) is 12.1 Å². The standard InChI is InChI=1S/C12H14F3N5O/c1-8-3-2-4-9(16)10(8)11-17-18-19-20(11)5-6-21-7-12(13,14)15/h2-4H,5-7,16H2,1H3. The molecule has 0 aliphatic heterocycles. The molecule has 0 aliphatic carbocycles. The first-order valence-electron chi connectivity index (χ1n) is 6.14. The highest BCUT2D eigenvalue weighted by Crippen LogP contribution is 2.26. The fourth-order valence-corrected chi connectivity index (χ4v) is 1.87. The van der Waals surface area contributed by atoms with E-state index in [4.69, 9.17) is 5.73 Å². The minimum absolute atomic E-state index is 0.103. The van der Waals surface area contributed by atoms with Crippen molar-refractivity contribution in [2.75, 3.05) is 18.9 Å². The van der Waals surface area contributed by atoms with Crippen LogP contribution in [0.4, 0.5) is 18.9 Å². The zero-order chi connectivity index (χ0) is 15.5. The Bertz CT molecular complexity index is 591. The van der Waals surface area contributed by atoms with Gasteiger partial charge in [-0.05, 0) is 29.0 Å². The van der Waals surface area contributed by atoms with Gasteiger partial charge in [-0.25, -0.2) is 4.68 Å². The number of halogens is 3. The minimum Gasteiger partial charge on any atom is -0.398 e. The van der Waals surface area contributed by atoms with Gasteiger partial charge in [-0.3, -0.25) is 0 Å². The van der Waals surface area contributed by atoms with Gasteiger partial charge in [0.15, 0.2) is 5.82 Å². The molecule has 0 amide bonds. The summed E-state index contributed by atoms with van der Waals surface area (Å²) in [5.74, 6) is 0.404. The summed E-state index contributed by atoms with van der Waals surface area (Å²) in [6.07, 6.45) is -4.34. The Morgan fingerprint density at radius 1 is 1.33 bits per heavy atom. The lowest BCUT2D eigenvalue weighted by Crippen LogP contribution is -2.19. The largest absolute Gasteiger partial charge is 0.411 e. The summed E-state index contributed by atoms with van der Waals surface area (Å²) in [6, 6.07) is 5.36. The van der Waals surface area contributed by atoms with Crippen LogP contribution in [-0.4, -0.2) is 39.6 Å². The molecule has 1 aromatic heterocycles. The lowest BCUT2D eigenvalue weighted by atomic mass is 10.1. The van der Waals surface area contributed by atoms with Crippen molar-refractivity contribution in [2.24, 2.45) is 0 Å². The zero-order valence-corrected chi connectivity index (χ0v) is 11.3. The minimum atomic E-state index is -4.34. The van der Waals surface area contributed by atoms with Crippen LogP contribution in [0.1, 0.15) is 5.56 Å². The van der Waals surface area contributed by atoms with Gasteiger partial charge < -0.3 is 10.5 Å². The molecule has 0 fully saturated rings. The number of ether oxygens (including phenoxy) is 1. The topological polar surface area (TPSA) is 78.9 Å². The predicted molar refractivity (Wildman–Crippen MR) is 69.3 cm³/mol. The third-order valence-electron chi connectivity index (χ3n) is 2.77. The summed E-state index contributed by atoms with van der Waals surface area (Å²) in [5.41, 5.74) is 7.95. The van der Waals surface area contributed by atoms with E-state index in [2.05, 4.69) is 20.3 Å². The van der Waals surface area contributed by atoms with Crippen LogP contribution in [0, 0.1) is 6.92 Å². The first kappa shape index (κ1) is 15.2. The van der Waals surface area contributed by atoms with Crippen LogP contribution >= 0.6 is 0 Å². The van der Waals surface area contributed by atoms with E-state index in [0.29, 0.717) is 17.1 Å². The van der Waals surface area contributed by atoms with E-state index >= 15 is 0 Å². The molecule has 0 saturated heterocycles. The van der Waals surface area contributed by atoms with E-state index in [9.17, 15) is 13.2 Å². The van der Waals surface area contributed by atoms with Crippen molar-refractivity contribution in [3.05, 3.63) is 23.8 Å². The molecular weight excluding hydrogens is 287 g/mol. The Morgan fingerprint density at radius 2 is 2.10 bits per heavy atom. The number of nitrogens with two attached hydrogens (primary N) is 1. The highest BCUT2D eigenvalue weighted by molar-refractivity contribution is 5.74. The Labute approximate surface area is 118 Å². The normalized spacial score (nSPS) is 11.8. The number of benzene rings is 1. The molecule has 0 radical (unpaired) electrons. The SMILES string of the molecule is Cc1cccc(N)c1-c1nnnn1CCOCC(F)(F)F. The highest BCUT2D eigenvalue weighted by atomic mass is 19.4. The average molecular weight is 301 g/mol. The molecule has 6 nitrogen and oxygen atoms in total.